The lowest BCUT2D eigenvalue weighted by atomic mass is 10.3. The maximum atomic E-state index is 13.9. The highest BCUT2D eigenvalue weighted by Gasteiger charge is 2.32. The van der Waals surface area contributed by atoms with Crippen molar-refractivity contribution in [2.75, 3.05) is 26.2 Å². The monoisotopic (exact) mass is 422 g/mol. The molecule has 3 heterocycles. The first-order chi connectivity index (χ1) is 13.3. The van der Waals surface area contributed by atoms with Gasteiger partial charge in [0, 0.05) is 38.6 Å². The fourth-order valence-corrected chi connectivity index (χ4v) is 5.97. The van der Waals surface area contributed by atoms with Gasteiger partial charge in [0.05, 0.1) is 10.6 Å². The first kappa shape index (κ1) is 19.0. The Hall–Kier alpha value is -2.30. The molecule has 148 valence electrons. The van der Waals surface area contributed by atoms with Crippen molar-refractivity contribution in [3.8, 4) is 0 Å². The van der Waals surface area contributed by atoms with E-state index in [0.717, 1.165) is 22.0 Å². The van der Waals surface area contributed by atoms with Crippen LogP contribution in [-0.2, 0) is 17.1 Å². The summed E-state index contributed by atoms with van der Waals surface area (Å²) < 4.78 is 42.3. The molecule has 0 atom stereocenters. The standard InChI is InChI=1S/C18H19FN4O3S2/c1-12-13-11-15(27-18(13)21(2)20-12)17(24)22-7-9-23(10-8-22)28(25,26)16-6-4-3-5-14(16)19/h3-6,11H,7-10H2,1-2H3. The van der Waals surface area contributed by atoms with Gasteiger partial charge in [0.2, 0.25) is 10.0 Å². The van der Waals surface area contributed by atoms with Gasteiger partial charge in [0.15, 0.2) is 0 Å². The van der Waals surface area contributed by atoms with Crippen LogP contribution in [0.1, 0.15) is 15.4 Å². The fourth-order valence-electron chi connectivity index (χ4n) is 3.39. The smallest absolute Gasteiger partial charge is 0.264 e. The molecule has 0 aliphatic carbocycles. The van der Waals surface area contributed by atoms with Gasteiger partial charge in [-0.2, -0.15) is 9.40 Å². The number of halogens is 1. The van der Waals surface area contributed by atoms with Crippen molar-refractivity contribution >= 4 is 37.5 Å². The molecule has 0 unspecified atom stereocenters. The number of benzene rings is 1. The third kappa shape index (κ3) is 3.11. The van der Waals surface area contributed by atoms with Crippen molar-refractivity contribution < 1.29 is 17.6 Å². The lowest BCUT2D eigenvalue weighted by Gasteiger charge is -2.33. The summed E-state index contributed by atoms with van der Waals surface area (Å²) in [6.45, 7) is 2.69. The van der Waals surface area contributed by atoms with E-state index in [4.69, 9.17) is 0 Å². The molecule has 3 aromatic rings. The van der Waals surface area contributed by atoms with Crippen LogP contribution in [0.3, 0.4) is 0 Å². The fraction of sp³-hybridized carbons (Fsp3) is 0.333. The summed E-state index contributed by atoms with van der Waals surface area (Å²) in [5.41, 5.74) is 0.869. The number of amides is 1. The Morgan fingerprint density at radius 3 is 2.50 bits per heavy atom. The Morgan fingerprint density at radius 2 is 1.86 bits per heavy atom. The summed E-state index contributed by atoms with van der Waals surface area (Å²) in [6, 6.07) is 7.18. The van der Waals surface area contributed by atoms with Gasteiger partial charge in [-0.1, -0.05) is 12.1 Å². The Labute approximate surface area is 166 Å². The van der Waals surface area contributed by atoms with Gasteiger partial charge in [0.1, 0.15) is 15.5 Å². The maximum absolute atomic E-state index is 13.9. The number of rotatable bonds is 3. The van der Waals surface area contributed by atoms with E-state index >= 15 is 0 Å². The average molecular weight is 423 g/mol. The SMILES string of the molecule is Cc1nn(C)c2sc(C(=O)N3CCN(S(=O)(=O)c4ccccc4F)CC3)cc12. The molecule has 4 rings (SSSR count). The molecule has 1 amide bonds. The van der Waals surface area contributed by atoms with Crippen molar-refractivity contribution in [2.24, 2.45) is 7.05 Å². The van der Waals surface area contributed by atoms with E-state index in [1.54, 1.807) is 9.58 Å². The number of aromatic nitrogens is 2. The molecule has 0 radical (unpaired) electrons. The number of hydrogen-bond donors (Lipinski definition) is 0. The number of nitrogens with zero attached hydrogens (tertiary/aromatic N) is 4. The van der Waals surface area contributed by atoms with Crippen LogP contribution in [0, 0.1) is 12.7 Å². The predicted molar refractivity (Wildman–Crippen MR) is 104 cm³/mol. The highest BCUT2D eigenvalue weighted by Crippen LogP contribution is 2.29. The molecular weight excluding hydrogens is 403 g/mol. The van der Waals surface area contributed by atoms with Crippen LogP contribution < -0.4 is 0 Å². The summed E-state index contributed by atoms with van der Waals surface area (Å²) in [5, 5.41) is 5.29. The largest absolute Gasteiger partial charge is 0.335 e. The van der Waals surface area contributed by atoms with Crippen LogP contribution in [0.2, 0.25) is 0 Å². The number of sulfonamides is 1. The molecule has 1 aliphatic rings. The van der Waals surface area contributed by atoms with Crippen LogP contribution in [0.15, 0.2) is 35.2 Å². The minimum atomic E-state index is -3.92. The second kappa shape index (κ2) is 6.94. The van der Waals surface area contributed by atoms with Crippen molar-refractivity contribution in [2.45, 2.75) is 11.8 Å². The molecule has 1 aliphatic heterocycles. The second-order valence-electron chi connectivity index (χ2n) is 6.67. The van der Waals surface area contributed by atoms with Gasteiger partial charge in [-0.15, -0.1) is 11.3 Å². The number of hydrogen-bond acceptors (Lipinski definition) is 5. The predicted octanol–water partition coefficient (Wildman–Crippen LogP) is 2.23. The van der Waals surface area contributed by atoms with E-state index in [1.807, 2.05) is 20.0 Å². The van der Waals surface area contributed by atoms with Crippen LogP contribution in [0.5, 0.6) is 0 Å². The number of fused-ring (bicyclic) bond motifs is 1. The van der Waals surface area contributed by atoms with E-state index < -0.39 is 15.8 Å². The van der Waals surface area contributed by atoms with E-state index in [-0.39, 0.29) is 37.0 Å². The molecule has 0 saturated carbocycles. The summed E-state index contributed by atoms with van der Waals surface area (Å²) in [6.07, 6.45) is 0. The molecule has 1 saturated heterocycles. The molecule has 10 heteroatoms. The van der Waals surface area contributed by atoms with Crippen LogP contribution in [0.4, 0.5) is 4.39 Å². The van der Waals surface area contributed by atoms with Crippen LogP contribution in [-0.4, -0.2) is 59.5 Å². The van der Waals surface area contributed by atoms with Gasteiger partial charge in [0.25, 0.3) is 5.91 Å². The molecule has 7 nitrogen and oxygen atoms in total. The third-order valence-electron chi connectivity index (χ3n) is 4.89. The van der Waals surface area contributed by atoms with Gasteiger partial charge >= 0.3 is 0 Å². The number of carbonyl (C=O) groups excluding carboxylic acids is 1. The number of piperazine rings is 1. The molecule has 28 heavy (non-hydrogen) atoms. The first-order valence-corrected chi connectivity index (χ1v) is 11.0. The van der Waals surface area contributed by atoms with Gasteiger partial charge in [-0.05, 0) is 25.1 Å². The Kier molecular flexibility index (Phi) is 4.72. The number of carbonyl (C=O) groups is 1. The second-order valence-corrected chi connectivity index (χ2v) is 9.60. The zero-order valence-electron chi connectivity index (χ0n) is 15.4. The van der Waals surface area contributed by atoms with Crippen molar-refractivity contribution in [3.63, 3.8) is 0 Å². The molecule has 1 fully saturated rings. The molecule has 1 aromatic carbocycles. The van der Waals surface area contributed by atoms with Crippen molar-refractivity contribution in [1.29, 1.82) is 0 Å². The van der Waals surface area contributed by atoms with E-state index in [2.05, 4.69) is 5.10 Å². The van der Waals surface area contributed by atoms with Crippen molar-refractivity contribution in [3.05, 3.63) is 46.7 Å². The molecular formula is C18H19FN4O3S2. The Morgan fingerprint density at radius 1 is 1.18 bits per heavy atom. The molecule has 0 N–H and O–H groups in total. The number of thiophene rings is 1. The number of aryl methyl sites for hydroxylation is 2. The molecule has 0 bridgehead atoms. The van der Waals surface area contributed by atoms with Gasteiger partial charge in [-0.25, -0.2) is 12.8 Å². The van der Waals surface area contributed by atoms with E-state index in [9.17, 15) is 17.6 Å². The summed E-state index contributed by atoms with van der Waals surface area (Å²) in [7, 11) is -2.08. The first-order valence-electron chi connectivity index (χ1n) is 8.76. The van der Waals surface area contributed by atoms with Crippen LogP contribution in [0.25, 0.3) is 10.2 Å². The summed E-state index contributed by atoms with van der Waals surface area (Å²) in [5.74, 6) is -0.890. The molecule has 0 spiro atoms. The maximum Gasteiger partial charge on any atom is 0.264 e. The average Bonchev–Trinajstić information content (AvgIpc) is 3.23. The highest BCUT2D eigenvalue weighted by molar-refractivity contribution is 7.89. The lowest BCUT2D eigenvalue weighted by molar-refractivity contribution is 0.0702. The zero-order valence-corrected chi connectivity index (χ0v) is 17.1. The van der Waals surface area contributed by atoms with Crippen molar-refractivity contribution in [1.82, 2.24) is 19.0 Å². The molecule has 2 aromatic heterocycles. The third-order valence-corrected chi connectivity index (χ3v) is 8.01. The quantitative estimate of drug-likeness (QED) is 0.649. The summed E-state index contributed by atoms with van der Waals surface area (Å²) >= 11 is 1.38. The van der Waals surface area contributed by atoms with Crippen LogP contribution >= 0.6 is 11.3 Å². The zero-order chi connectivity index (χ0) is 20.1. The highest BCUT2D eigenvalue weighted by atomic mass is 32.2. The van der Waals surface area contributed by atoms with Gasteiger partial charge < -0.3 is 4.90 Å². The minimum absolute atomic E-state index is 0.122. The Bertz CT molecular complexity index is 1130. The summed E-state index contributed by atoms with van der Waals surface area (Å²) in [4.78, 5) is 15.7. The van der Waals surface area contributed by atoms with Gasteiger partial charge in [-0.3, -0.25) is 9.48 Å². The topological polar surface area (TPSA) is 75.5 Å². The van der Waals surface area contributed by atoms with E-state index in [1.165, 1.54) is 33.8 Å². The Balaban J connectivity index is 1.49. The normalized spacial score (nSPS) is 16.0. The lowest BCUT2D eigenvalue weighted by Crippen LogP contribution is -2.50. The van der Waals surface area contributed by atoms with E-state index in [0.29, 0.717) is 4.88 Å². The minimum Gasteiger partial charge on any atom is -0.335 e.